The van der Waals surface area contributed by atoms with Gasteiger partial charge in [-0.2, -0.15) is 0 Å². The maximum Gasteiger partial charge on any atom is 0.0741 e. The van der Waals surface area contributed by atoms with Gasteiger partial charge in [-0.05, 0) is 19.8 Å². The summed E-state index contributed by atoms with van der Waals surface area (Å²) >= 11 is 0. The molecule has 0 aromatic rings. The van der Waals surface area contributed by atoms with Gasteiger partial charge in [0.1, 0.15) is 0 Å². The number of hydrogen-bond donors (Lipinski definition) is 2. The fourth-order valence-corrected chi connectivity index (χ4v) is 1.70. The molecule has 0 spiro atoms. The molecule has 3 nitrogen and oxygen atoms in total. The second-order valence-electron chi connectivity index (χ2n) is 3.05. The Bertz CT molecular complexity index is 106. The molecule has 0 aromatic carbocycles. The van der Waals surface area contributed by atoms with Crippen molar-refractivity contribution in [1.82, 2.24) is 5.43 Å². The quantitative estimate of drug-likeness (QED) is 0.471. The van der Waals surface area contributed by atoms with Gasteiger partial charge in [0.05, 0.1) is 6.10 Å². The Kier molecular flexibility index (Phi) is 3.83. The third kappa shape index (κ3) is 2.43. The van der Waals surface area contributed by atoms with E-state index < -0.39 is 0 Å². The van der Waals surface area contributed by atoms with Gasteiger partial charge in [0.15, 0.2) is 0 Å². The molecule has 0 aliphatic heterocycles. The molecule has 1 fully saturated rings. The van der Waals surface area contributed by atoms with Crippen molar-refractivity contribution in [3.8, 4) is 0 Å². The van der Waals surface area contributed by atoms with Crippen molar-refractivity contribution in [1.29, 1.82) is 0 Å². The van der Waals surface area contributed by atoms with E-state index in [1.54, 1.807) is 0 Å². The van der Waals surface area contributed by atoms with E-state index >= 15 is 0 Å². The predicted octanol–water partition coefficient (Wildman–Crippen LogP) is 0.797. The Hall–Kier alpha value is -0.120. The number of hydrazine groups is 1. The molecule has 0 unspecified atom stereocenters. The summed E-state index contributed by atoms with van der Waals surface area (Å²) in [7, 11) is 0. The molecule has 3 N–H and O–H groups in total. The van der Waals surface area contributed by atoms with Gasteiger partial charge in [0, 0.05) is 12.6 Å². The number of rotatable bonds is 3. The minimum absolute atomic E-state index is 0.346. The fraction of sp³-hybridized carbons (Fsp3) is 1.00. The van der Waals surface area contributed by atoms with Crippen LogP contribution in [0.15, 0.2) is 0 Å². The predicted molar refractivity (Wildman–Crippen MR) is 45.0 cm³/mol. The van der Waals surface area contributed by atoms with Gasteiger partial charge in [0.2, 0.25) is 0 Å². The lowest BCUT2D eigenvalue weighted by molar-refractivity contribution is 0.0124. The summed E-state index contributed by atoms with van der Waals surface area (Å²) in [5.74, 6) is 5.39. The Labute approximate surface area is 68.3 Å². The zero-order valence-corrected chi connectivity index (χ0v) is 7.18. The number of nitrogens with two attached hydrogens (primary N) is 1. The molecule has 0 bridgehead atoms. The topological polar surface area (TPSA) is 47.3 Å². The summed E-state index contributed by atoms with van der Waals surface area (Å²) < 4.78 is 5.54. The van der Waals surface area contributed by atoms with Gasteiger partial charge in [-0.1, -0.05) is 12.8 Å². The molecule has 0 amide bonds. The molecule has 0 saturated heterocycles. The van der Waals surface area contributed by atoms with Crippen LogP contribution in [0.5, 0.6) is 0 Å². The van der Waals surface area contributed by atoms with Gasteiger partial charge in [-0.3, -0.25) is 11.3 Å². The minimum Gasteiger partial charge on any atom is -0.377 e. The van der Waals surface area contributed by atoms with E-state index in [0.29, 0.717) is 12.1 Å². The summed E-state index contributed by atoms with van der Waals surface area (Å²) in [5, 5.41) is 0. The fourth-order valence-electron chi connectivity index (χ4n) is 1.70. The van der Waals surface area contributed by atoms with Crippen molar-refractivity contribution in [3.63, 3.8) is 0 Å². The van der Waals surface area contributed by atoms with Crippen LogP contribution in [-0.2, 0) is 4.74 Å². The van der Waals surface area contributed by atoms with Gasteiger partial charge in [0.25, 0.3) is 0 Å². The van der Waals surface area contributed by atoms with Crippen LogP contribution >= 0.6 is 0 Å². The van der Waals surface area contributed by atoms with Crippen LogP contribution in [-0.4, -0.2) is 18.8 Å². The van der Waals surface area contributed by atoms with E-state index in [1.807, 2.05) is 6.92 Å². The standard InChI is InChI=1S/C8H18N2O/c1-2-11-8-6-4-3-5-7(8)10-9/h7-8,10H,2-6,9H2,1H3/t7-,8+/m0/s1. The highest BCUT2D eigenvalue weighted by molar-refractivity contribution is 4.79. The van der Waals surface area contributed by atoms with E-state index in [1.165, 1.54) is 12.8 Å². The lowest BCUT2D eigenvalue weighted by Crippen LogP contribution is -2.46. The SMILES string of the molecule is CCO[C@@H]1CCCC[C@@H]1NN. The highest BCUT2D eigenvalue weighted by Gasteiger charge is 2.23. The summed E-state index contributed by atoms with van der Waals surface area (Å²) in [6.07, 6.45) is 5.21. The highest BCUT2D eigenvalue weighted by Crippen LogP contribution is 2.20. The maximum atomic E-state index is 5.54. The molecule has 1 aliphatic carbocycles. The van der Waals surface area contributed by atoms with Crippen LogP contribution in [0.25, 0.3) is 0 Å². The Morgan fingerprint density at radius 2 is 2.18 bits per heavy atom. The Balaban J connectivity index is 2.31. The number of nitrogens with one attached hydrogen (secondary N) is 1. The van der Waals surface area contributed by atoms with E-state index in [0.717, 1.165) is 19.4 Å². The zero-order valence-electron chi connectivity index (χ0n) is 7.18. The first-order chi connectivity index (χ1) is 5.38. The van der Waals surface area contributed by atoms with Crippen molar-refractivity contribution in [2.24, 2.45) is 5.84 Å². The van der Waals surface area contributed by atoms with Gasteiger partial charge in [-0.15, -0.1) is 0 Å². The van der Waals surface area contributed by atoms with Crippen molar-refractivity contribution in [3.05, 3.63) is 0 Å². The third-order valence-corrected chi connectivity index (χ3v) is 2.30. The lowest BCUT2D eigenvalue weighted by atomic mass is 9.93. The number of ether oxygens (including phenoxy) is 1. The highest BCUT2D eigenvalue weighted by atomic mass is 16.5. The molecule has 66 valence electrons. The molecule has 0 aromatic heterocycles. The maximum absolute atomic E-state index is 5.54. The van der Waals surface area contributed by atoms with Crippen molar-refractivity contribution in [2.45, 2.75) is 44.8 Å². The monoisotopic (exact) mass is 158 g/mol. The van der Waals surface area contributed by atoms with Crippen LogP contribution < -0.4 is 11.3 Å². The van der Waals surface area contributed by atoms with E-state index in [2.05, 4.69) is 5.43 Å². The molecule has 2 atom stereocenters. The molecule has 1 aliphatic rings. The molecule has 1 rings (SSSR count). The second kappa shape index (κ2) is 4.70. The summed E-state index contributed by atoms with van der Waals surface area (Å²) in [5.41, 5.74) is 2.81. The van der Waals surface area contributed by atoms with Crippen LogP contribution in [0.2, 0.25) is 0 Å². The minimum atomic E-state index is 0.346. The van der Waals surface area contributed by atoms with Gasteiger partial charge >= 0.3 is 0 Å². The van der Waals surface area contributed by atoms with Crippen molar-refractivity contribution in [2.75, 3.05) is 6.61 Å². The molecule has 3 heteroatoms. The van der Waals surface area contributed by atoms with E-state index in [4.69, 9.17) is 10.6 Å². The second-order valence-corrected chi connectivity index (χ2v) is 3.05. The van der Waals surface area contributed by atoms with Crippen LogP contribution in [0.1, 0.15) is 32.6 Å². The Morgan fingerprint density at radius 1 is 1.45 bits per heavy atom. The lowest BCUT2D eigenvalue weighted by Gasteiger charge is -2.30. The first-order valence-corrected chi connectivity index (χ1v) is 4.46. The van der Waals surface area contributed by atoms with Crippen LogP contribution in [0, 0.1) is 0 Å². The smallest absolute Gasteiger partial charge is 0.0741 e. The summed E-state index contributed by atoms with van der Waals surface area (Å²) in [6, 6.07) is 0.378. The average Bonchev–Trinajstić information content (AvgIpc) is 2.06. The average molecular weight is 158 g/mol. The van der Waals surface area contributed by atoms with Crippen LogP contribution in [0.3, 0.4) is 0 Å². The normalized spacial score (nSPS) is 32.2. The Morgan fingerprint density at radius 3 is 2.82 bits per heavy atom. The zero-order chi connectivity index (χ0) is 8.10. The first kappa shape index (κ1) is 8.97. The van der Waals surface area contributed by atoms with E-state index in [9.17, 15) is 0 Å². The molecular formula is C8H18N2O. The summed E-state index contributed by atoms with van der Waals surface area (Å²) in [4.78, 5) is 0. The van der Waals surface area contributed by atoms with Gasteiger partial charge in [-0.25, -0.2) is 0 Å². The third-order valence-electron chi connectivity index (χ3n) is 2.30. The van der Waals surface area contributed by atoms with E-state index in [-0.39, 0.29) is 0 Å². The molecule has 11 heavy (non-hydrogen) atoms. The molecule has 0 heterocycles. The first-order valence-electron chi connectivity index (χ1n) is 4.46. The van der Waals surface area contributed by atoms with Crippen LogP contribution in [0.4, 0.5) is 0 Å². The van der Waals surface area contributed by atoms with Crippen molar-refractivity contribution >= 4 is 0 Å². The molecule has 0 radical (unpaired) electrons. The van der Waals surface area contributed by atoms with Gasteiger partial charge < -0.3 is 4.74 Å². The molecular weight excluding hydrogens is 140 g/mol. The summed E-state index contributed by atoms with van der Waals surface area (Å²) in [6.45, 7) is 2.82. The molecule has 1 saturated carbocycles. The van der Waals surface area contributed by atoms with Crippen molar-refractivity contribution < 1.29 is 4.74 Å². The largest absolute Gasteiger partial charge is 0.377 e. The number of hydrogen-bond acceptors (Lipinski definition) is 3.